The van der Waals surface area contributed by atoms with Gasteiger partial charge in [-0.25, -0.2) is 9.37 Å². The molecule has 0 bridgehead atoms. The van der Waals surface area contributed by atoms with Crippen LogP contribution in [0.25, 0.3) is 11.3 Å². The summed E-state index contributed by atoms with van der Waals surface area (Å²) in [6.45, 7) is 5.70. The van der Waals surface area contributed by atoms with Crippen LogP contribution in [0.3, 0.4) is 0 Å². The summed E-state index contributed by atoms with van der Waals surface area (Å²) >= 11 is 0. The van der Waals surface area contributed by atoms with Crippen molar-refractivity contribution in [2.24, 2.45) is 0 Å². The normalized spacial score (nSPS) is 14.3. The molecule has 0 radical (unpaired) electrons. The Balaban J connectivity index is 1.58. The molecule has 0 spiro atoms. The van der Waals surface area contributed by atoms with Crippen molar-refractivity contribution in [3.8, 4) is 23.4 Å². The molecule has 0 unspecified atom stereocenters. The van der Waals surface area contributed by atoms with Crippen LogP contribution in [0.15, 0.2) is 36.4 Å². The van der Waals surface area contributed by atoms with Crippen molar-refractivity contribution in [3.05, 3.63) is 75.7 Å². The number of rotatable bonds is 5. The number of imidazole rings is 1. The number of benzene rings is 2. The molecule has 33 heavy (non-hydrogen) atoms. The van der Waals surface area contributed by atoms with Crippen molar-refractivity contribution < 1.29 is 9.18 Å². The molecule has 166 valence electrons. The zero-order chi connectivity index (χ0) is 23.8. The van der Waals surface area contributed by atoms with E-state index in [1.807, 2.05) is 39.0 Å². The van der Waals surface area contributed by atoms with Gasteiger partial charge in [0.25, 0.3) is 5.91 Å². The first-order chi connectivity index (χ1) is 15.8. The second-order valence-corrected chi connectivity index (χ2v) is 8.60. The van der Waals surface area contributed by atoms with Gasteiger partial charge in [0, 0.05) is 24.0 Å². The van der Waals surface area contributed by atoms with Crippen molar-refractivity contribution >= 4 is 5.91 Å². The SMILES string of the molecule is Cc1cc(C)c(-c2[nH]c(CCC#N)nc2C)cc1C(=O)N1CC(F)(c2ccc(C#N)cc2)C1. The fourth-order valence-corrected chi connectivity index (χ4v) is 4.33. The highest BCUT2D eigenvalue weighted by molar-refractivity contribution is 5.98. The minimum Gasteiger partial charge on any atom is -0.342 e. The summed E-state index contributed by atoms with van der Waals surface area (Å²) < 4.78 is 15.4. The van der Waals surface area contributed by atoms with E-state index in [1.54, 1.807) is 24.3 Å². The number of alkyl halides is 1. The number of carbonyl (C=O) groups is 1. The number of amides is 1. The quantitative estimate of drug-likeness (QED) is 0.623. The largest absolute Gasteiger partial charge is 0.342 e. The van der Waals surface area contributed by atoms with Gasteiger partial charge in [0.15, 0.2) is 5.67 Å². The molecule has 0 saturated carbocycles. The monoisotopic (exact) mass is 441 g/mol. The lowest BCUT2D eigenvalue weighted by Gasteiger charge is -2.45. The molecule has 1 N–H and O–H groups in total. The first-order valence-electron chi connectivity index (χ1n) is 10.8. The summed E-state index contributed by atoms with van der Waals surface area (Å²) in [6, 6.07) is 14.4. The number of carbonyl (C=O) groups excluding carboxylic acids is 1. The molecule has 1 fully saturated rings. The molecule has 0 atom stereocenters. The van der Waals surface area contributed by atoms with Gasteiger partial charge in [0.1, 0.15) is 5.82 Å². The Morgan fingerprint density at radius 2 is 1.85 bits per heavy atom. The van der Waals surface area contributed by atoms with Crippen LogP contribution in [0.5, 0.6) is 0 Å². The fraction of sp³-hybridized carbons (Fsp3) is 0.308. The fourth-order valence-electron chi connectivity index (χ4n) is 4.33. The number of hydrogen-bond donors (Lipinski definition) is 1. The Morgan fingerprint density at radius 1 is 1.15 bits per heavy atom. The van der Waals surface area contributed by atoms with E-state index < -0.39 is 5.67 Å². The number of nitriles is 2. The molecule has 1 aromatic heterocycles. The maximum Gasteiger partial charge on any atom is 0.254 e. The summed E-state index contributed by atoms with van der Waals surface area (Å²) in [6.07, 6.45) is 0.915. The minimum atomic E-state index is -1.61. The molecule has 4 rings (SSSR count). The molecule has 6 nitrogen and oxygen atoms in total. The summed E-state index contributed by atoms with van der Waals surface area (Å²) in [4.78, 5) is 22.6. The van der Waals surface area contributed by atoms with Crippen molar-refractivity contribution in [2.45, 2.75) is 39.3 Å². The molecule has 1 aliphatic rings. The van der Waals surface area contributed by atoms with Crippen molar-refractivity contribution in [1.29, 1.82) is 10.5 Å². The van der Waals surface area contributed by atoms with Crippen molar-refractivity contribution in [1.82, 2.24) is 14.9 Å². The van der Waals surface area contributed by atoms with Gasteiger partial charge in [-0.05, 0) is 55.7 Å². The molecular formula is C26H24FN5O. The molecule has 7 heteroatoms. The second kappa shape index (κ2) is 8.52. The Bertz CT molecular complexity index is 1300. The number of aromatic nitrogens is 2. The van der Waals surface area contributed by atoms with Gasteiger partial charge in [-0.15, -0.1) is 0 Å². The highest BCUT2D eigenvalue weighted by Crippen LogP contribution is 2.38. The number of likely N-dealkylation sites (tertiary alicyclic amines) is 1. The molecule has 0 aliphatic carbocycles. The van der Waals surface area contributed by atoms with Gasteiger partial charge in [-0.1, -0.05) is 18.2 Å². The standard InChI is InChI=1S/C26H24FN5O/c1-16-11-17(2)22(12-21(16)24-18(3)30-23(31-24)5-4-10-28)25(33)32-14-26(27,15-32)20-8-6-19(13-29)7-9-20/h6-9,11-12H,4-5,14-15H2,1-3H3,(H,30,31). The average molecular weight is 442 g/mol. The third kappa shape index (κ3) is 4.10. The lowest BCUT2D eigenvalue weighted by molar-refractivity contribution is -0.0231. The maximum absolute atomic E-state index is 15.4. The Kier molecular flexibility index (Phi) is 5.74. The summed E-state index contributed by atoms with van der Waals surface area (Å²) in [5, 5.41) is 17.8. The molecule has 3 aromatic rings. The van der Waals surface area contributed by atoms with E-state index >= 15 is 4.39 Å². The summed E-state index contributed by atoms with van der Waals surface area (Å²) in [5.41, 5.74) is 4.21. The Morgan fingerprint density at radius 3 is 2.48 bits per heavy atom. The van der Waals surface area contributed by atoms with Crippen molar-refractivity contribution in [2.75, 3.05) is 13.1 Å². The smallest absolute Gasteiger partial charge is 0.254 e. The lowest BCUT2D eigenvalue weighted by atomic mass is 9.86. The van der Waals surface area contributed by atoms with Crippen LogP contribution < -0.4 is 0 Å². The lowest BCUT2D eigenvalue weighted by Crippen LogP contribution is -2.58. The van der Waals surface area contributed by atoms with Crippen molar-refractivity contribution in [3.63, 3.8) is 0 Å². The van der Waals surface area contributed by atoms with E-state index in [0.29, 0.717) is 29.5 Å². The first-order valence-corrected chi connectivity index (χ1v) is 10.8. The van der Waals surface area contributed by atoms with Crippen LogP contribution in [-0.4, -0.2) is 33.9 Å². The summed E-state index contributed by atoms with van der Waals surface area (Å²) in [7, 11) is 0. The number of aromatic amines is 1. The number of halogens is 1. The van der Waals surface area contributed by atoms with E-state index in [9.17, 15) is 4.79 Å². The summed E-state index contributed by atoms with van der Waals surface area (Å²) in [5.74, 6) is 0.529. The first kappa shape index (κ1) is 22.2. The highest BCUT2D eigenvalue weighted by atomic mass is 19.1. The van der Waals surface area contributed by atoms with Gasteiger partial charge >= 0.3 is 0 Å². The molecule has 2 aromatic carbocycles. The highest BCUT2D eigenvalue weighted by Gasteiger charge is 2.47. The van der Waals surface area contributed by atoms with Gasteiger partial charge < -0.3 is 9.88 Å². The number of hydrogen-bond acceptors (Lipinski definition) is 4. The topological polar surface area (TPSA) is 96.6 Å². The molecule has 1 amide bonds. The van der Waals surface area contributed by atoms with E-state index in [4.69, 9.17) is 10.5 Å². The predicted molar refractivity (Wildman–Crippen MR) is 122 cm³/mol. The number of H-pyrrole nitrogens is 1. The van der Waals surface area contributed by atoms with Crippen LogP contribution in [-0.2, 0) is 12.1 Å². The third-order valence-electron chi connectivity index (χ3n) is 6.18. The van der Waals surface area contributed by atoms with Gasteiger partial charge in [0.05, 0.1) is 42.2 Å². The van der Waals surface area contributed by atoms with Crippen LogP contribution in [0.4, 0.5) is 4.39 Å². The molecular weight excluding hydrogens is 417 g/mol. The van der Waals surface area contributed by atoms with Crippen LogP contribution >= 0.6 is 0 Å². The van der Waals surface area contributed by atoms with E-state index in [1.165, 1.54) is 4.90 Å². The van der Waals surface area contributed by atoms with Gasteiger partial charge in [-0.2, -0.15) is 10.5 Å². The number of aryl methyl sites for hydroxylation is 4. The maximum atomic E-state index is 15.4. The van der Waals surface area contributed by atoms with Gasteiger partial charge in [-0.3, -0.25) is 4.79 Å². The zero-order valence-electron chi connectivity index (χ0n) is 18.9. The van der Waals surface area contributed by atoms with E-state index in [2.05, 4.69) is 16.0 Å². The average Bonchev–Trinajstić information content (AvgIpc) is 3.15. The van der Waals surface area contributed by atoms with Crippen LogP contribution in [0.2, 0.25) is 0 Å². The predicted octanol–water partition coefficient (Wildman–Crippen LogP) is 4.65. The second-order valence-electron chi connectivity index (χ2n) is 8.60. The van der Waals surface area contributed by atoms with E-state index in [0.717, 1.165) is 33.9 Å². The van der Waals surface area contributed by atoms with Gasteiger partial charge in [0.2, 0.25) is 0 Å². The zero-order valence-corrected chi connectivity index (χ0v) is 18.9. The molecule has 2 heterocycles. The molecule has 1 saturated heterocycles. The van der Waals surface area contributed by atoms with E-state index in [-0.39, 0.29) is 19.0 Å². The third-order valence-corrected chi connectivity index (χ3v) is 6.18. The number of nitrogens with one attached hydrogen (secondary N) is 1. The Labute approximate surface area is 192 Å². The van der Waals surface area contributed by atoms with Crippen LogP contribution in [0, 0.1) is 43.4 Å². The minimum absolute atomic E-state index is 0.0260. The Hall–Kier alpha value is -3.97. The molecule has 1 aliphatic heterocycles. The van der Waals surface area contributed by atoms with Crippen LogP contribution in [0.1, 0.15) is 50.6 Å². The number of nitrogens with zero attached hydrogens (tertiary/aromatic N) is 4.